The molecule has 0 aliphatic carbocycles. The highest BCUT2D eigenvalue weighted by Crippen LogP contribution is 2.37. The first-order valence-electron chi connectivity index (χ1n) is 4.42. The normalized spacial score (nSPS) is 14.8. The lowest BCUT2D eigenvalue weighted by molar-refractivity contribution is 0.637. The maximum absolute atomic E-state index is 5.55. The van der Waals surface area contributed by atoms with Gasteiger partial charge in [-0.1, -0.05) is 32.0 Å². The average molecular weight is 192 g/mol. The summed E-state index contributed by atoms with van der Waals surface area (Å²) >= 11 is 1.48. The van der Waals surface area contributed by atoms with Gasteiger partial charge >= 0.3 is 0 Å². The van der Waals surface area contributed by atoms with Crippen LogP contribution in [0.1, 0.15) is 19.4 Å². The predicted molar refractivity (Wildman–Crippen MR) is 57.5 cm³/mol. The zero-order valence-electron chi connectivity index (χ0n) is 7.78. The predicted octanol–water partition coefficient (Wildman–Crippen LogP) is 3.72. The molecule has 1 aromatic rings. The minimum Gasteiger partial charge on any atom is -0.420 e. The number of hydrogen-bond acceptors (Lipinski definition) is 2. The summed E-state index contributed by atoms with van der Waals surface area (Å²) in [7, 11) is 0. The molecule has 68 valence electrons. The maximum Gasteiger partial charge on any atom is 0.145 e. The van der Waals surface area contributed by atoms with Crippen molar-refractivity contribution < 1.29 is 4.18 Å². The smallest absolute Gasteiger partial charge is 0.145 e. The number of fused-ring (bicyclic) bond motifs is 1. The summed E-state index contributed by atoms with van der Waals surface area (Å²) in [5.41, 5.74) is 1.19. The maximum atomic E-state index is 5.55. The van der Waals surface area contributed by atoms with Crippen LogP contribution in [0.25, 0.3) is 6.08 Å². The fourth-order valence-corrected chi connectivity index (χ4v) is 1.91. The van der Waals surface area contributed by atoms with Gasteiger partial charge < -0.3 is 4.18 Å². The summed E-state index contributed by atoms with van der Waals surface area (Å²) in [5.74, 6) is 1.51. The standard InChI is InChI=1S/C11H12OS/c1-8(2)11-7-9-5-3-4-6-10(9)12-13-11/h3-8H,1-2H3. The van der Waals surface area contributed by atoms with Crippen molar-refractivity contribution in [3.63, 3.8) is 0 Å². The van der Waals surface area contributed by atoms with Gasteiger partial charge in [-0.25, -0.2) is 0 Å². The molecule has 0 saturated carbocycles. The summed E-state index contributed by atoms with van der Waals surface area (Å²) in [6.07, 6.45) is 2.20. The fourth-order valence-electron chi connectivity index (χ4n) is 1.21. The molecular formula is C11H12OS. The van der Waals surface area contributed by atoms with Crippen LogP contribution in [0.5, 0.6) is 5.75 Å². The van der Waals surface area contributed by atoms with Crippen LogP contribution >= 0.6 is 12.0 Å². The molecule has 1 heterocycles. The van der Waals surface area contributed by atoms with Gasteiger partial charge in [0.25, 0.3) is 0 Å². The van der Waals surface area contributed by atoms with Crippen molar-refractivity contribution in [3.05, 3.63) is 34.7 Å². The second-order valence-electron chi connectivity index (χ2n) is 3.41. The molecule has 2 heteroatoms. The lowest BCUT2D eigenvalue weighted by atomic mass is 10.1. The van der Waals surface area contributed by atoms with Crippen molar-refractivity contribution in [1.29, 1.82) is 0 Å². The second-order valence-corrected chi connectivity index (χ2v) is 4.21. The van der Waals surface area contributed by atoms with Crippen molar-refractivity contribution in [2.45, 2.75) is 13.8 Å². The van der Waals surface area contributed by atoms with E-state index in [-0.39, 0.29) is 0 Å². The highest BCUT2D eigenvalue weighted by atomic mass is 32.2. The van der Waals surface area contributed by atoms with Crippen LogP contribution in [0.4, 0.5) is 0 Å². The molecule has 0 spiro atoms. The lowest BCUT2D eigenvalue weighted by Gasteiger charge is -2.17. The van der Waals surface area contributed by atoms with Crippen LogP contribution in [-0.4, -0.2) is 0 Å². The number of benzene rings is 1. The van der Waals surface area contributed by atoms with Gasteiger partial charge in [-0.15, -0.1) is 0 Å². The van der Waals surface area contributed by atoms with E-state index in [0.717, 1.165) is 5.75 Å². The lowest BCUT2D eigenvalue weighted by Crippen LogP contribution is -1.98. The molecule has 0 atom stereocenters. The minimum absolute atomic E-state index is 0.540. The van der Waals surface area contributed by atoms with Crippen LogP contribution in [0.15, 0.2) is 29.2 Å². The van der Waals surface area contributed by atoms with E-state index in [1.165, 1.54) is 22.5 Å². The molecule has 0 fully saturated rings. The number of para-hydroxylation sites is 1. The van der Waals surface area contributed by atoms with Crippen molar-refractivity contribution in [2.75, 3.05) is 0 Å². The number of allylic oxidation sites excluding steroid dienone is 1. The van der Waals surface area contributed by atoms with Crippen LogP contribution in [0.3, 0.4) is 0 Å². The molecule has 1 nitrogen and oxygen atoms in total. The zero-order valence-corrected chi connectivity index (χ0v) is 8.60. The van der Waals surface area contributed by atoms with E-state index in [9.17, 15) is 0 Å². The molecule has 0 radical (unpaired) electrons. The molecule has 1 aliphatic rings. The Balaban J connectivity index is 2.38. The van der Waals surface area contributed by atoms with Gasteiger partial charge in [-0.2, -0.15) is 0 Å². The summed E-state index contributed by atoms with van der Waals surface area (Å²) in [6.45, 7) is 4.35. The Kier molecular flexibility index (Phi) is 2.32. The van der Waals surface area contributed by atoms with E-state index in [2.05, 4.69) is 26.0 Å². The molecule has 13 heavy (non-hydrogen) atoms. The van der Waals surface area contributed by atoms with Gasteiger partial charge in [0.15, 0.2) is 0 Å². The Morgan fingerprint density at radius 3 is 2.77 bits per heavy atom. The van der Waals surface area contributed by atoms with Crippen LogP contribution in [-0.2, 0) is 0 Å². The molecule has 0 N–H and O–H groups in total. The first-order valence-corrected chi connectivity index (χ1v) is 5.16. The summed E-state index contributed by atoms with van der Waals surface area (Å²) in [4.78, 5) is 1.29. The van der Waals surface area contributed by atoms with Crippen molar-refractivity contribution in [3.8, 4) is 5.75 Å². The van der Waals surface area contributed by atoms with Crippen LogP contribution in [0, 0.1) is 5.92 Å². The quantitative estimate of drug-likeness (QED) is 0.627. The highest BCUT2D eigenvalue weighted by Gasteiger charge is 2.14. The van der Waals surface area contributed by atoms with E-state index in [1.54, 1.807) is 0 Å². The third-order valence-electron chi connectivity index (χ3n) is 2.01. The molecule has 0 amide bonds. The molecule has 0 bridgehead atoms. The van der Waals surface area contributed by atoms with E-state index in [0.29, 0.717) is 5.92 Å². The van der Waals surface area contributed by atoms with Gasteiger partial charge in [-0.05, 0) is 18.1 Å². The number of hydrogen-bond donors (Lipinski definition) is 0. The largest absolute Gasteiger partial charge is 0.420 e. The SMILES string of the molecule is CC(C)C1=Cc2ccccc2OS1. The molecule has 0 saturated heterocycles. The third-order valence-corrected chi connectivity index (χ3v) is 3.06. The Morgan fingerprint density at radius 1 is 1.23 bits per heavy atom. The Morgan fingerprint density at radius 2 is 2.00 bits per heavy atom. The van der Waals surface area contributed by atoms with Gasteiger partial charge in [0, 0.05) is 10.5 Å². The third kappa shape index (κ3) is 1.73. The Labute approximate surface area is 83.0 Å². The fraction of sp³-hybridized carbons (Fsp3) is 0.273. The number of rotatable bonds is 1. The topological polar surface area (TPSA) is 9.23 Å². The van der Waals surface area contributed by atoms with E-state index >= 15 is 0 Å². The summed E-state index contributed by atoms with van der Waals surface area (Å²) in [6, 6.07) is 8.10. The summed E-state index contributed by atoms with van der Waals surface area (Å²) < 4.78 is 5.55. The molecular weight excluding hydrogens is 180 g/mol. The molecule has 0 aromatic heterocycles. The van der Waals surface area contributed by atoms with E-state index < -0.39 is 0 Å². The highest BCUT2D eigenvalue weighted by molar-refractivity contribution is 7.99. The monoisotopic (exact) mass is 192 g/mol. The van der Waals surface area contributed by atoms with Gasteiger partial charge in [-0.3, -0.25) is 0 Å². The van der Waals surface area contributed by atoms with Gasteiger partial charge in [0.1, 0.15) is 5.75 Å². The summed E-state index contributed by atoms with van der Waals surface area (Å²) in [5, 5.41) is 0. The van der Waals surface area contributed by atoms with Gasteiger partial charge in [0.05, 0.1) is 12.0 Å². The van der Waals surface area contributed by atoms with Gasteiger partial charge in [0.2, 0.25) is 0 Å². The Bertz CT molecular complexity index is 342. The van der Waals surface area contributed by atoms with Crippen molar-refractivity contribution >= 4 is 18.1 Å². The van der Waals surface area contributed by atoms with E-state index in [1.807, 2.05) is 18.2 Å². The molecule has 2 rings (SSSR count). The molecule has 0 unspecified atom stereocenters. The second kappa shape index (κ2) is 3.46. The first kappa shape index (κ1) is 8.70. The van der Waals surface area contributed by atoms with Crippen LogP contribution in [0.2, 0.25) is 0 Å². The van der Waals surface area contributed by atoms with E-state index in [4.69, 9.17) is 4.18 Å². The molecule has 1 aliphatic heterocycles. The minimum atomic E-state index is 0.540. The average Bonchev–Trinajstić information content (AvgIpc) is 2.17. The van der Waals surface area contributed by atoms with Crippen molar-refractivity contribution in [2.24, 2.45) is 5.92 Å². The zero-order chi connectivity index (χ0) is 9.26. The van der Waals surface area contributed by atoms with Crippen molar-refractivity contribution in [1.82, 2.24) is 0 Å². The van der Waals surface area contributed by atoms with Crippen LogP contribution < -0.4 is 4.18 Å². The first-order chi connectivity index (χ1) is 6.27. The molecule has 1 aromatic carbocycles. The Hall–Kier alpha value is -0.890.